The monoisotopic (exact) mass is 369 g/mol. The SMILES string of the molecule is CC(C)(C)OCC(COP(=O)([O-])OCC[N+](C)(C)C)OC(C)(C)C. The first-order valence-corrected chi connectivity index (χ1v) is 9.68. The molecule has 0 heterocycles. The summed E-state index contributed by atoms with van der Waals surface area (Å²) < 4.78 is 33.9. The molecule has 2 atom stereocenters. The molecule has 2 unspecified atom stereocenters. The molecule has 0 spiro atoms. The summed E-state index contributed by atoms with van der Waals surface area (Å²) in [5.74, 6) is 0. The molecule has 0 aliphatic heterocycles. The first-order chi connectivity index (χ1) is 10.5. The van der Waals surface area contributed by atoms with E-state index in [0.717, 1.165) is 0 Å². The van der Waals surface area contributed by atoms with E-state index in [-0.39, 0.29) is 25.4 Å². The van der Waals surface area contributed by atoms with Gasteiger partial charge in [-0.05, 0) is 41.5 Å². The molecule has 24 heavy (non-hydrogen) atoms. The first-order valence-electron chi connectivity index (χ1n) is 8.21. The van der Waals surface area contributed by atoms with Crippen LogP contribution in [0, 0.1) is 0 Å². The Hall–Kier alpha value is -0.0100. The summed E-state index contributed by atoms with van der Waals surface area (Å²) in [6.07, 6.45) is -0.506. The molecule has 0 bridgehead atoms. The van der Waals surface area contributed by atoms with Crippen LogP contribution in [0.4, 0.5) is 0 Å². The van der Waals surface area contributed by atoms with Crippen molar-refractivity contribution in [3.8, 4) is 0 Å². The minimum absolute atomic E-state index is 0.0769. The van der Waals surface area contributed by atoms with Gasteiger partial charge in [0.15, 0.2) is 0 Å². The summed E-state index contributed by atoms with van der Waals surface area (Å²) in [5.41, 5.74) is -0.783. The number of phosphoric ester groups is 1. The average Bonchev–Trinajstić information content (AvgIpc) is 2.28. The highest BCUT2D eigenvalue weighted by atomic mass is 31.2. The number of rotatable bonds is 10. The van der Waals surface area contributed by atoms with E-state index in [9.17, 15) is 9.46 Å². The van der Waals surface area contributed by atoms with E-state index >= 15 is 0 Å². The third-order valence-electron chi connectivity index (χ3n) is 2.65. The number of quaternary nitrogens is 1. The number of likely N-dealkylation sites (N-methyl/N-ethyl adjacent to an activating group) is 1. The van der Waals surface area contributed by atoms with Gasteiger partial charge in [-0.3, -0.25) is 4.57 Å². The molecule has 0 aromatic carbocycles. The van der Waals surface area contributed by atoms with E-state index in [4.69, 9.17) is 18.5 Å². The van der Waals surface area contributed by atoms with Gasteiger partial charge in [0.05, 0.1) is 45.6 Å². The van der Waals surface area contributed by atoms with Crippen LogP contribution in [0.3, 0.4) is 0 Å². The Bertz CT molecular complexity index is 408. The minimum Gasteiger partial charge on any atom is -0.756 e. The minimum atomic E-state index is -4.36. The van der Waals surface area contributed by atoms with Crippen LogP contribution >= 0.6 is 7.82 Å². The van der Waals surface area contributed by atoms with E-state index in [0.29, 0.717) is 11.0 Å². The molecule has 0 saturated heterocycles. The Morgan fingerprint density at radius 1 is 0.958 bits per heavy atom. The van der Waals surface area contributed by atoms with Crippen molar-refractivity contribution in [2.75, 3.05) is 47.5 Å². The molecule has 0 rings (SSSR count). The van der Waals surface area contributed by atoms with Gasteiger partial charge >= 0.3 is 0 Å². The molecule has 7 nitrogen and oxygen atoms in total. The molecule has 0 aliphatic rings. The van der Waals surface area contributed by atoms with Crippen LogP contribution in [0.1, 0.15) is 41.5 Å². The highest BCUT2D eigenvalue weighted by molar-refractivity contribution is 7.45. The lowest BCUT2D eigenvalue weighted by atomic mass is 10.1. The molecule has 0 radical (unpaired) electrons. The number of hydrogen-bond donors (Lipinski definition) is 0. The second kappa shape index (κ2) is 9.08. The topological polar surface area (TPSA) is 77.1 Å². The van der Waals surface area contributed by atoms with Gasteiger partial charge in [-0.1, -0.05) is 0 Å². The fourth-order valence-electron chi connectivity index (χ4n) is 1.60. The normalized spacial score (nSPS) is 17.6. The average molecular weight is 369 g/mol. The predicted molar refractivity (Wildman–Crippen MR) is 92.7 cm³/mol. The first kappa shape index (κ1) is 24.0. The van der Waals surface area contributed by atoms with Crippen molar-refractivity contribution in [3.63, 3.8) is 0 Å². The van der Waals surface area contributed by atoms with Gasteiger partial charge in [-0.25, -0.2) is 0 Å². The van der Waals surface area contributed by atoms with E-state index in [1.807, 2.05) is 62.7 Å². The highest BCUT2D eigenvalue weighted by Crippen LogP contribution is 2.38. The van der Waals surface area contributed by atoms with Crippen molar-refractivity contribution in [1.29, 1.82) is 0 Å². The maximum Gasteiger partial charge on any atom is 0.268 e. The van der Waals surface area contributed by atoms with Crippen LogP contribution < -0.4 is 4.89 Å². The maximum absolute atomic E-state index is 11.9. The number of phosphoric acid groups is 1. The van der Waals surface area contributed by atoms with Crippen molar-refractivity contribution in [1.82, 2.24) is 0 Å². The van der Waals surface area contributed by atoms with E-state index in [2.05, 4.69) is 0 Å². The van der Waals surface area contributed by atoms with Crippen LogP contribution in [0.5, 0.6) is 0 Å². The lowest BCUT2D eigenvalue weighted by molar-refractivity contribution is -0.870. The molecule has 8 heteroatoms. The zero-order valence-corrected chi connectivity index (χ0v) is 17.6. The van der Waals surface area contributed by atoms with Gasteiger partial charge in [0.1, 0.15) is 19.3 Å². The predicted octanol–water partition coefficient (Wildman–Crippen LogP) is 2.19. The number of nitrogens with zero attached hydrogens (tertiary/aromatic N) is 1. The third kappa shape index (κ3) is 15.5. The van der Waals surface area contributed by atoms with Gasteiger partial charge in [0.2, 0.25) is 0 Å². The quantitative estimate of drug-likeness (QED) is 0.434. The standard InChI is InChI=1S/C16H36NO6P/c1-15(2,3)20-12-14(23-16(4,5)6)13-22-24(18,19)21-11-10-17(7,8)9/h14H,10-13H2,1-9H3. The summed E-state index contributed by atoms with van der Waals surface area (Å²) >= 11 is 0. The van der Waals surface area contributed by atoms with Crippen molar-refractivity contribution >= 4 is 7.82 Å². The summed E-state index contributed by atoms with van der Waals surface area (Å²) in [7, 11) is 1.51. The van der Waals surface area contributed by atoms with Crippen LogP contribution in [-0.4, -0.2) is 69.3 Å². The molecule has 0 aromatic rings. The van der Waals surface area contributed by atoms with Crippen LogP contribution in [0.25, 0.3) is 0 Å². The Balaban J connectivity index is 4.53. The van der Waals surface area contributed by atoms with Crippen molar-refractivity contribution in [2.24, 2.45) is 0 Å². The lowest BCUT2D eigenvalue weighted by Gasteiger charge is -2.32. The van der Waals surface area contributed by atoms with Gasteiger partial charge < -0.3 is 27.9 Å². The molecule has 0 aliphatic carbocycles. The number of hydrogen-bond acceptors (Lipinski definition) is 6. The molecule has 0 amide bonds. The fraction of sp³-hybridized carbons (Fsp3) is 1.00. The molecule has 0 fully saturated rings. The fourth-order valence-corrected chi connectivity index (χ4v) is 2.33. The van der Waals surface area contributed by atoms with Crippen molar-refractivity contribution in [3.05, 3.63) is 0 Å². The number of ether oxygens (including phenoxy) is 2. The maximum atomic E-state index is 11.9. The smallest absolute Gasteiger partial charge is 0.268 e. The van der Waals surface area contributed by atoms with Crippen molar-refractivity contribution < 1.29 is 32.5 Å². The van der Waals surface area contributed by atoms with Crippen LogP contribution in [-0.2, 0) is 23.1 Å². The molecule has 0 saturated carbocycles. The van der Waals surface area contributed by atoms with Crippen molar-refractivity contribution in [2.45, 2.75) is 58.8 Å². The Morgan fingerprint density at radius 3 is 1.92 bits per heavy atom. The van der Waals surface area contributed by atoms with Crippen LogP contribution in [0.2, 0.25) is 0 Å². The zero-order valence-electron chi connectivity index (χ0n) is 16.7. The second-order valence-electron chi connectivity index (χ2n) is 8.87. The van der Waals surface area contributed by atoms with Crippen LogP contribution in [0.15, 0.2) is 0 Å². The molecule has 0 N–H and O–H groups in total. The summed E-state index contributed by atoms with van der Waals surface area (Å²) in [6.45, 7) is 12.2. The second-order valence-corrected chi connectivity index (χ2v) is 10.3. The Morgan fingerprint density at radius 2 is 1.50 bits per heavy atom. The van der Waals surface area contributed by atoms with E-state index in [1.165, 1.54) is 0 Å². The summed E-state index contributed by atoms with van der Waals surface area (Å²) in [5, 5.41) is 0. The van der Waals surface area contributed by atoms with Gasteiger partial charge in [-0.2, -0.15) is 0 Å². The molecular weight excluding hydrogens is 333 g/mol. The lowest BCUT2D eigenvalue weighted by Crippen LogP contribution is -2.38. The third-order valence-corrected chi connectivity index (χ3v) is 3.62. The largest absolute Gasteiger partial charge is 0.756 e. The van der Waals surface area contributed by atoms with Gasteiger partial charge in [-0.15, -0.1) is 0 Å². The Kier molecular flexibility index (Phi) is 9.08. The molecular formula is C16H36NO6P. The molecule has 146 valence electrons. The highest BCUT2D eigenvalue weighted by Gasteiger charge is 2.24. The van der Waals surface area contributed by atoms with E-state index < -0.39 is 19.5 Å². The summed E-state index contributed by atoms with van der Waals surface area (Å²) in [6, 6.07) is 0. The van der Waals surface area contributed by atoms with E-state index in [1.54, 1.807) is 0 Å². The van der Waals surface area contributed by atoms with Gasteiger partial charge in [0, 0.05) is 0 Å². The molecule has 0 aromatic heterocycles. The van der Waals surface area contributed by atoms with Gasteiger partial charge in [0.25, 0.3) is 7.82 Å². The summed E-state index contributed by atoms with van der Waals surface area (Å²) in [4.78, 5) is 11.9. The zero-order chi connectivity index (χ0) is 19.2. The Labute approximate surface area is 147 Å².